The van der Waals surface area contributed by atoms with E-state index in [-0.39, 0.29) is 23.6 Å². The zero-order valence-electron chi connectivity index (χ0n) is 14.8. The predicted octanol–water partition coefficient (Wildman–Crippen LogP) is 7.32. The fourth-order valence-corrected chi connectivity index (χ4v) is 3.75. The maximum atomic E-state index is 14.7. The standard InChI is InChI=1S/C20H17ClF6O/c1-10-2-4-11(5-3-10)13-6-7-14(17(21)18(13)24)20(26,27)28-12-8-15(22)19(25)16(23)9-12/h6-11H,2-5H2,1H3. The van der Waals surface area contributed by atoms with Gasteiger partial charge in [-0.15, -0.1) is 0 Å². The summed E-state index contributed by atoms with van der Waals surface area (Å²) in [5.41, 5.74) is -0.722. The molecule has 1 nitrogen and oxygen atoms in total. The molecule has 0 aromatic heterocycles. The monoisotopic (exact) mass is 422 g/mol. The summed E-state index contributed by atoms with van der Waals surface area (Å²) in [5.74, 6) is -6.69. The third-order valence-electron chi connectivity index (χ3n) is 5.08. The second-order valence-corrected chi connectivity index (χ2v) is 7.48. The van der Waals surface area contributed by atoms with Crippen molar-refractivity contribution in [3.05, 3.63) is 63.7 Å². The highest BCUT2D eigenvalue weighted by Gasteiger charge is 2.39. The van der Waals surface area contributed by atoms with E-state index in [1.807, 2.05) is 0 Å². The molecule has 28 heavy (non-hydrogen) atoms. The van der Waals surface area contributed by atoms with E-state index in [1.54, 1.807) is 0 Å². The van der Waals surface area contributed by atoms with Crippen molar-refractivity contribution in [3.63, 3.8) is 0 Å². The zero-order valence-corrected chi connectivity index (χ0v) is 15.6. The maximum Gasteiger partial charge on any atom is 0.428 e. The zero-order chi connectivity index (χ0) is 20.6. The van der Waals surface area contributed by atoms with E-state index >= 15 is 0 Å². The van der Waals surface area contributed by atoms with Crippen LogP contribution in [0.1, 0.15) is 49.7 Å². The number of benzene rings is 2. The number of rotatable bonds is 4. The van der Waals surface area contributed by atoms with Gasteiger partial charge in [-0.05, 0) is 36.3 Å². The average Bonchev–Trinajstić information content (AvgIpc) is 2.62. The molecule has 0 bridgehead atoms. The molecular weight excluding hydrogens is 406 g/mol. The first-order chi connectivity index (χ1) is 13.1. The summed E-state index contributed by atoms with van der Waals surface area (Å²) in [5, 5.41) is -0.816. The fourth-order valence-electron chi connectivity index (χ4n) is 3.47. The molecule has 3 rings (SSSR count). The molecule has 2 aromatic rings. The molecule has 0 amide bonds. The number of hydrogen-bond acceptors (Lipinski definition) is 1. The molecule has 0 atom stereocenters. The Kier molecular flexibility index (Phi) is 5.84. The quantitative estimate of drug-likeness (QED) is 0.370. The van der Waals surface area contributed by atoms with Crippen LogP contribution in [0.15, 0.2) is 24.3 Å². The molecule has 0 unspecified atom stereocenters. The summed E-state index contributed by atoms with van der Waals surface area (Å²) >= 11 is 5.84. The van der Waals surface area contributed by atoms with Gasteiger partial charge in [0.05, 0.1) is 10.6 Å². The lowest BCUT2D eigenvalue weighted by atomic mass is 9.79. The summed E-state index contributed by atoms with van der Waals surface area (Å²) in [6.45, 7) is 2.10. The molecule has 0 aliphatic heterocycles. The summed E-state index contributed by atoms with van der Waals surface area (Å²) in [6, 6.07) is 2.72. The smallest absolute Gasteiger partial charge is 0.428 e. The van der Waals surface area contributed by atoms with Crippen LogP contribution in [0.3, 0.4) is 0 Å². The van der Waals surface area contributed by atoms with Crippen molar-refractivity contribution in [2.24, 2.45) is 5.92 Å². The summed E-state index contributed by atoms with van der Waals surface area (Å²) in [7, 11) is 0. The van der Waals surface area contributed by atoms with Gasteiger partial charge in [0, 0.05) is 12.1 Å². The number of halogens is 7. The van der Waals surface area contributed by atoms with Gasteiger partial charge in [-0.25, -0.2) is 17.6 Å². The first kappa shape index (κ1) is 20.8. The minimum absolute atomic E-state index is 0.113. The molecule has 0 saturated heterocycles. The fraction of sp³-hybridized carbons (Fsp3) is 0.400. The predicted molar refractivity (Wildman–Crippen MR) is 92.6 cm³/mol. The van der Waals surface area contributed by atoms with E-state index in [9.17, 15) is 26.3 Å². The van der Waals surface area contributed by atoms with Crippen LogP contribution in [0, 0.1) is 29.2 Å². The molecule has 1 fully saturated rings. The Morgan fingerprint density at radius 3 is 2.07 bits per heavy atom. The van der Waals surface area contributed by atoms with Crippen molar-refractivity contribution < 1.29 is 31.1 Å². The van der Waals surface area contributed by atoms with Crippen molar-refractivity contribution in [1.82, 2.24) is 0 Å². The first-order valence-corrected chi connectivity index (χ1v) is 9.17. The van der Waals surface area contributed by atoms with Gasteiger partial charge in [-0.3, -0.25) is 0 Å². The molecule has 1 aliphatic carbocycles. The lowest BCUT2D eigenvalue weighted by Crippen LogP contribution is -2.23. The average molecular weight is 423 g/mol. The van der Waals surface area contributed by atoms with Gasteiger partial charge >= 0.3 is 6.11 Å². The maximum absolute atomic E-state index is 14.7. The van der Waals surface area contributed by atoms with E-state index in [0.717, 1.165) is 31.7 Å². The molecule has 0 radical (unpaired) electrons. The number of alkyl halides is 2. The lowest BCUT2D eigenvalue weighted by molar-refractivity contribution is -0.185. The van der Waals surface area contributed by atoms with Gasteiger partial charge in [0.2, 0.25) is 0 Å². The molecule has 0 spiro atoms. The van der Waals surface area contributed by atoms with Crippen LogP contribution in [0.2, 0.25) is 5.02 Å². The van der Waals surface area contributed by atoms with Gasteiger partial charge in [-0.2, -0.15) is 8.78 Å². The van der Waals surface area contributed by atoms with Gasteiger partial charge in [0.1, 0.15) is 11.6 Å². The van der Waals surface area contributed by atoms with Crippen molar-refractivity contribution in [2.45, 2.75) is 44.6 Å². The normalized spacial score (nSPS) is 20.3. The van der Waals surface area contributed by atoms with Crippen LogP contribution < -0.4 is 4.74 Å². The van der Waals surface area contributed by atoms with Gasteiger partial charge < -0.3 is 4.74 Å². The van der Waals surface area contributed by atoms with Crippen LogP contribution >= 0.6 is 11.6 Å². The van der Waals surface area contributed by atoms with Gasteiger partial charge in [-0.1, -0.05) is 37.4 Å². The minimum atomic E-state index is -4.19. The number of ether oxygens (including phenoxy) is 1. The lowest BCUT2D eigenvalue weighted by Gasteiger charge is -2.27. The highest BCUT2D eigenvalue weighted by molar-refractivity contribution is 6.31. The van der Waals surface area contributed by atoms with Crippen LogP contribution in [0.25, 0.3) is 0 Å². The first-order valence-electron chi connectivity index (χ1n) is 8.80. The van der Waals surface area contributed by atoms with E-state index < -0.39 is 45.7 Å². The Bertz CT molecular complexity index is 854. The van der Waals surface area contributed by atoms with Gasteiger partial charge in [0.15, 0.2) is 17.5 Å². The molecule has 2 aromatic carbocycles. The molecule has 152 valence electrons. The largest absolute Gasteiger partial charge is 0.429 e. The number of hydrogen-bond donors (Lipinski definition) is 0. The Balaban J connectivity index is 1.89. The van der Waals surface area contributed by atoms with Crippen LogP contribution in [0.5, 0.6) is 5.75 Å². The third kappa shape index (κ3) is 4.09. The van der Waals surface area contributed by atoms with E-state index in [4.69, 9.17) is 11.6 Å². The Morgan fingerprint density at radius 2 is 1.50 bits per heavy atom. The molecular formula is C20H17ClF6O. The topological polar surface area (TPSA) is 9.23 Å². The second kappa shape index (κ2) is 7.85. The van der Waals surface area contributed by atoms with Crippen LogP contribution in [-0.4, -0.2) is 0 Å². The van der Waals surface area contributed by atoms with Gasteiger partial charge in [0.25, 0.3) is 0 Å². The molecule has 1 saturated carbocycles. The molecule has 8 heteroatoms. The second-order valence-electron chi connectivity index (χ2n) is 7.11. The van der Waals surface area contributed by atoms with Crippen molar-refractivity contribution in [3.8, 4) is 5.75 Å². The summed E-state index contributed by atoms with van der Waals surface area (Å²) in [6.07, 6.45) is -0.910. The minimum Gasteiger partial charge on any atom is -0.429 e. The highest BCUT2D eigenvalue weighted by atomic mass is 35.5. The summed E-state index contributed by atoms with van der Waals surface area (Å²) < 4.78 is 87.3. The Morgan fingerprint density at radius 1 is 0.929 bits per heavy atom. The van der Waals surface area contributed by atoms with Crippen LogP contribution in [-0.2, 0) is 6.11 Å². The Labute approximate surface area is 163 Å². The van der Waals surface area contributed by atoms with E-state index in [2.05, 4.69) is 11.7 Å². The van der Waals surface area contributed by atoms with Crippen molar-refractivity contribution in [1.29, 1.82) is 0 Å². The van der Waals surface area contributed by atoms with E-state index in [0.29, 0.717) is 5.92 Å². The SMILES string of the molecule is CC1CCC(c2ccc(C(F)(F)Oc3cc(F)c(F)c(F)c3)c(Cl)c2F)CC1. The Hall–Kier alpha value is -1.89. The molecule has 0 heterocycles. The highest BCUT2D eigenvalue weighted by Crippen LogP contribution is 2.42. The summed E-state index contributed by atoms with van der Waals surface area (Å²) in [4.78, 5) is 0. The molecule has 0 N–H and O–H groups in total. The van der Waals surface area contributed by atoms with Crippen LogP contribution in [0.4, 0.5) is 26.3 Å². The molecule has 1 aliphatic rings. The van der Waals surface area contributed by atoms with E-state index in [1.165, 1.54) is 6.07 Å². The van der Waals surface area contributed by atoms with Crippen molar-refractivity contribution >= 4 is 11.6 Å². The third-order valence-corrected chi connectivity index (χ3v) is 5.45. The van der Waals surface area contributed by atoms with Crippen molar-refractivity contribution in [2.75, 3.05) is 0 Å².